The maximum Gasteiger partial charge on any atom is 0.329 e. The summed E-state index contributed by atoms with van der Waals surface area (Å²) in [5.41, 5.74) is 10.2. The minimum absolute atomic E-state index is 0.0357. The van der Waals surface area contributed by atoms with Gasteiger partial charge in [0.2, 0.25) is 5.91 Å². The van der Waals surface area contributed by atoms with Crippen LogP contribution in [0.1, 0.15) is 36.8 Å². The van der Waals surface area contributed by atoms with Crippen molar-refractivity contribution in [3.8, 4) is 0 Å². The Morgan fingerprint density at radius 2 is 1.97 bits per heavy atom. The zero-order valence-electron chi connectivity index (χ0n) is 16.9. The van der Waals surface area contributed by atoms with Crippen molar-refractivity contribution in [3.63, 3.8) is 0 Å². The van der Waals surface area contributed by atoms with Crippen LogP contribution in [0.4, 0.5) is 16.2 Å². The minimum atomic E-state index is -0.233. The van der Waals surface area contributed by atoms with Crippen LogP contribution < -0.4 is 10.6 Å². The summed E-state index contributed by atoms with van der Waals surface area (Å²) in [5, 5.41) is 4.70. The van der Waals surface area contributed by atoms with E-state index >= 15 is 0 Å². The monoisotopic (exact) mass is 404 g/mol. The number of anilines is 2. The number of benzene rings is 2. The third kappa shape index (κ3) is 3.01. The van der Waals surface area contributed by atoms with Crippen LogP contribution in [0, 0.1) is 12.8 Å². The number of hydrogen-bond acceptors (Lipinski definition) is 4. The molecule has 3 amide bonds. The van der Waals surface area contributed by atoms with Crippen molar-refractivity contribution in [1.82, 2.24) is 10.1 Å². The molecule has 1 aliphatic carbocycles. The zero-order valence-corrected chi connectivity index (χ0v) is 16.9. The molecule has 1 aromatic heterocycles. The molecule has 0 bridgehead atoms. The molecule has 5 rings (SSSR count). The summed E-state index contributed by atoms with van der Waals surface area (Å²) in [4.78, 5) is 29.0. The Hall–Kier alpha value is -3.35. The van der Waals surface area contributed by atoms with E-state index in [0.717, 1.165) is 53.6 Å². The normalized spacial score (nSPS) is 21.7. The summed E-state index contributed by atoms with van der Waals surface area (Å²) in [6.07, 6.45) is 4.71. The SMILES string of the molecule is Cc1cccc2c1CN(C1CCC(C(N)=O)CC1)C(=O)N2c1ccc2oncc2c1. The number of primary amides is 1. The second-order valence-electron chi connectivity index (χ2n) is 8.27. The molecular weight excluding hydrogens is 380 g/mol. The van der Waals surface area contributed by atoms with E-state index < -0.39 is 0 Å². The van der Waals surface area contributed by atoms with Gasteiger partial charge < -0.3 is 15.2 Å². The molecule has 0 saturated heterocycles. The Bertz CT molecular complexity index is 1130. The van der Waals surface area contributed by atoms with Gasteiger partial charge >= 0.3 is 6.03 Å². The van der Waals surface area contributed by atoms with E-state index in [-0.39, 0.29) is 23.9 Å². The number of nitrogens with zero attached hydrogens (tertiary/aromatic N) is 3. The number of nitrogens with two attached hydrogens (primary N) is 1. The predicted octanol–water partition coefficient (Wildman–Crippen LogP) is 4.25. The Kier molecular flexibility index (Phi) is 4.46. The van der Waals surface area contributed by atoms with Crippen LogP contribution in [0.5, 0.6) is 0 Å². The number of urea groups is 1. The summed E-state index contributed by atoms with van der Waals surface area (Å²) < 4.78 is 5.22. The highest BCUT2D eigenvalue weighted by molar-refractivity contribution is 6.03. The van der Waals surface area contributed by atoms with Crippen LogP contribution in [-0.2, 0) is 11.3 Å². The van der Waals surface area contributed by atoms with Crippen LogP contribution >= 0.6 is 0 Å². The molecule has 1 saturated carbocycles. The molecule has 1 aliphatic heterocycles. The molecule has 3 aromatic rings. The number of aryl methyl sites for hydroxylation is 1. The van der Waals surface area contributed by atoms with Gasteiger partial charge in [-0.2, -0.15) is 0 Å². The third-order valence-corrected chi connectivity index (χ3v) is 6.53. The number of carbonyl (C=O) groups is 2. The van der Waals surface area contributed by atoms with E-state index in [0.29, 0.717) is 12.1 Å². The lowest BCUT2D eigenvalue weighted by molar-refractivity contribution is -0.123. The van der Waals surface area contributed by atoms with Crippen molar-refractivity contribution in [3.05, 3.63) is 53.7 Å². The van der Waals surface area contributed by atoms with E-state index in [1.807, 2.05) is 35.2 Å². The van der Waals surface area contributed by atoms with Gasteiger partial charge in [0.25, 0.3) is 0 Å². The molecule has 2 aromatic carbocycles. The smallest absolute Gasteiger partial charge is 0.329 e. The van der Waals surface area contributed by atoms with E-state index in [9.17, 15) is 9.59 Å². The second-order valence-corrected chi connectivity index (χ2v) is 8.27. The van der Waals surface area contributed by atoms with Crippen LogP contribution in [0.3, 0.4) is 0 Å². The molecule has 30 heavy (non-hydrogen) atoms. The Labute approximate surface area is 174 Å². The first-order valence-corrected chi connectivity index (χ1v) is 10.4. The quantitative estimate of drug-likeness (QED) is 0.706. The lowest BCUT2D eigenvalue weighted by atomic mass is 9.84. The number of aromatic nitrogens is 1. The van der Waals surface area contributed by atoms with E-state index in [2.05, 4.69) is 18.1 Å². The lowest BCUT2D eigenvalue weighted by Crippen LogP contribution is -2.51. The number of rotatable bonds is 3. The topological polar surface area (TPSA) is 92.7 Å². The molecule has 0 atom stereocenters. The average Bonchev–Trinajstić information content (AvgIpc) is 3.21. The van der Waals surface area contributed by atoms with Crippen molar-refractivity contribution in [2.24, 2.45) is 11.7 Å². The second kappa shape index (κ2) is 7.16. The highest BCUT2D eigenvalue weighted by Crippen LogP contribution is 2.40. The number of fused-ring (bicyclic) bond motifs is 2. The number of hydrogen-bond donors (Lipinski definition) is 1. The molecule has 2 heterocycles. The summed E-state index contributed by atoms with van der Waals surface area (Å²) in [6, 6.07) is 11.8. The fraction of sp³-hybridized carbons (Fsp3) is 0.348. The molecule has 0 unspecified atom stereocenters. The Morgan fingerprint density at radius 3 is 2.73 bits per heavy atom. The molecule has 0 spiro atoms. The molecule has 1 fully saturated rings. The first kappa shape index (κ1) is 18.7. The Balaban J connectivity index is 1.53. The highest BCUT2D eigenvalue weighted by atomic mass is 16.5. The number of amides is 3. The van der Waals surface area contributed by atoms with Crippen molar-refractivity contribution in [1.29, 1.82) is 0 Å². The lowest BCUT2D eigenvalue weighted by Gasteiger charge is -2.43. The van der Waals surface area contributed by atoms with Gasteiger partial charge in [-0.05, 0) is 68.0 Å². The van der Waals surface area contributed by atoms with Gasteiger partial charge in [0, 0.05) is 17.3 Å². The number of carbonyl (C=O) groups excluding carboxylic acids is 2. The van der Waals surface area contributed by atoms with Gasteiger partial charge in [0.05, 0.1) is 24.1 Å². The molecule has 2 N–H and O–H groups in total. The van der Waals surface area contributed by atoms with Crippen LogP contribution in [-0.4, -0.2) is 28.0 Å². The van der Waals surface area contributed by atoms with Gasteiger partial charge in [0.15, 0.2) is 5.58 Å². The van der Waals surface area contributed by atoms with Crippen LogP contribution in [0.15, 0.2) is 47.1 Å². The van der Waals surface area contributed by atoms with Gasteiger partial charge in [0.1, 0.15) is 0 Å². The van der Waals surface area contributed by atoms with E-state index in [1.54, 1.807) is 11.1 Å². The first-order valence-electron chi connectivity index (χ1n) is 10.4. The van der Waals surface area contributed by atoms with Gasteiger partial charge in [-0.15, -0.1) is 0 Å². The maximum atomic E-state index is 13.7. The largest absolute Gasteiger partial charge is 0.369 e. The summed E-state index contributed by atoms with van der Waals surface area (Å²) in [6.45, 7) is 2.66. The fourth-order valence-corrected chi connectivity index (χ4v) is 4.78. The van der Waals surface area contributed by atoms with Gasteiger partial charge in [-0.25, -0.2) is 4.79 Å². The molecule has 7 heteroatoms. The minimum Gasteiger partial charge on any atom is -0.369 e. The van der Waals surface area contributed by atoms with Crippen molar-refractivity contribution in [2.45, 2.75) is 45.2 Å². The molecular formula is C23H24N4O3. The predicted molar refractivity (Wildman–Crippen MR) is 113 cm³/mol. The first-order chi connectivity index (χ1) is 14.5. The van der Waals surface area contributed by atoms with Gasteiger partial charge in [-0.1, -0.05) is 17.3 Å². The van der Waals surface area contributed by atoms with Gasteiger partial charge in [-0.3, -0.25) is 9.69 Å². The van der Waals surface area contributed by atoms with E-state index in [4.69, 9.17) is 10.3 Å². The van der Waals surface area contributed by atoms with Crippen molar-refractivity contribution < 1.29 is 14.1 Å². The van der Waals surface area contributed by atoms with Crippen LogP contribution in [0.2, 0.25) is 0 Å². The molecule has 154 valence electrons. The summed E-state index contributed by atoms with van der Waals surface area (Å²) >= 11 is 0. The zero-order chi connectivity index (χ0) is 20.8. The summed E-state index contributed by atoms with van der Waals surface area (Å²) in [5.74, 6) is -0.314. The van der Waals surface area contributed by atoms with Crippen LogP contribution in [0.25, 0.3) is 11.0 Å². The summed E-state index contributed by atoms with van der Waals surface area (Å²) in [7, 11) is 0. The van der Waals surface area contributed by atoms with Crippen molar-refractivity contribution >= 4 is 34.3 Å². The van der Waals surface area contributed by atoms with Crippen molar-refractivity contribution in [2.75, 3.05) is 4.90 Å². The fourth-order valence-electron chi connectivity index (χ4n) is 4.78. The standard InChI is InChI=1S/C23H24N4O3/c1-14-3-2-4-20-19(14)13-26(17-7-5-15(6-8-17)22(24)28)23(29)27(20)18-9-10-21-16(11-18)12-25-30-21/h2-4,9-12,15,17H,5-8,13H2,1H3,(H2,24,28). The molecule has 0 radical (unpaired) electrons. The maximum absolute atomic E-state index is 13.7. The highest BCUT2D eigenvalue weighted by Gasteiger charge is 2.38. The Morgan fingerprint density at radius 1 is 1.17 bits per heavy atom. The molecule has 7 nitrogen and oxygen atoms in total. The average molecular weight is 404 g/mol. The molecule has 2 aliphatic rings. The third-order valence-electron chi connectivity index (χ3n) is 6.53. The van der Waals surface area contributed by atoms with E-state index in [1.165, 1.54) is 0 Å².